The van der Waals surface area contributed by atoms with Crippen molar-refractivity contribution >= 4 is 10.0 Å². The Morgan fingerprint density at radius 3 is 2.29 bits per heavy atom. The number of rotatable bonds is 4. The summed E-state index contributed by atoms with van der Waals surface area (Å²) >= 11 is 0. The lowest BCUT2D eigenvalue weighted by atomic mass is 10.1. The summed E-state index contributed by atoms with van der Waals surface area (Å²) in [6, 6.07) is 8.36. The second kappa shape index (κ2) is 5.63. The van der Waals surface area contributed by atoms with Gasteiger partial charge in [-0.05, 0) is 39.0 Å². The van der Waals surface area contributed by atoms with E-state index in [4.69, 9.17) is 5.73 Å². The largest absolute Gasteiger partial charge is 0.387 e. The Balaban J connectivity index is 2.60. The summed E-state index contributed by atoms with van der Waals surface area (Å²) in [5.74, 6) is 0. The highest BCUT2D eigenvalue weighted by Gasteiger charge is 2.24. The van der Waals surface area contributed by atoms with Gasteiger partial charge in [-0.1, -0.05) is 17.7 Å². The minimum atomic E-state index is -3.67. The van der Waals surface area contributed by atoms with Gasteiger partial charge in [-0.3, -0.25) is 0 Å². The van der Waals surface area contributed by atoms with Gasteiger partial charge in [-0.25, -0.2) is 12.4 Å². The lowest BCUT2D eigenvalue weighted by Gasteiger charge is -2.12. The summed E-state index contributed by atoms with van der Waals surface area (Å²) in [5.41, 5.74) is 8.05. The van der Waals surface area contributed by atoms with E-state index in [0.29, 0.717) is 17.0 Å². The van der Waals surface area contributed by atoms with Crippen LogP contribution in [0, 0.1) is 20.8 Å². The van der Waals surface area contributed by atoms with Gasteiger partial charge >= 0.3 is 0 Å². The molecule has 21 heavy (non-hydrogen) atoms. The highest BCUT2D eigenvalue weighted by Crippen LogP contribution is 2.26. The van der Waals surface area contributed by atoms with Crippen LogP contribution in [0.25, 0.3) is 0 Å². The molecule has 0 spiro atoms. The zero-order valence-corrected chi connectivity index (χ0v) is 13.2. The molecule has 0 radical (unpaired) electrons. The molecule has 0 aliphatic rings. The standard InChI is InChI=1S/C15H20N2O3S/c1-10-4-6-13(7-5-10)21(19,20)17-11(2)8-14(12(17)3)15(18)9-16/h4-8,15,18H,9,16H2,1-3H3. The van der Waals surface area contributed by atoms with E-state index in [0.717, 1.165) is 5.56 Å². The Hall–Kier alpha value is -1.63. The number of aliphatic hydroxyl groups is 1. The van der Waals surface area contributed by atoms with E-state index in [1.54, 1.807) is 44.2 Å². The SMILES string of the molecule is Cc1ccc(S(=O)(=O)n2c(C)cc(C(O)CN)c2C)cc1. The molecule has 2 rings (SSSR count). The molecule has 0 saturated heterocycles. The average molecular weight is 308 g/mol. The highest BCUT2D eigenvalue weighted by atomic mass is 32.2. The predicted molar refractivity (Wildman–Crippen MR) is 81.7 cm³/mol. The molecule has 114 valence electrons. The number of benzene rings is 1. The van der Waals surface area contributed by atoms with Crippen molar-refractivity contribution in [3.05, 3.63) is 52.8 Å². The smallest absolute Gasteiger partial charge is 0.268 e. The molecule has 2 aromatic rings. The number of hydrogen-bond donors (Lipinski definition) is 2. The Morgan fingerprint density at radius 1 is 1.19 bits per heavy atom. The molecule has 1 atom stereocenters. The quantitative estimate of drug-likeness (QED) is 0.899. The van der Waals surface area contributed by atoms with E-state index in [1.165, 1.54) is 3.97 Å². The summed E-state index contributed by atoms with van der Waals surface area (Å²) in [6.45, 7) is 5.32. The summed E-state index contributed by atoms with van der Waals surface area (Å²) in [5, 5.41) is 9.89. The summed E-state index contributed by atoms with van der Waals surface area (Å²) in [7, 11) is -3.67. The van der Waals surface area contributed by atoms with Gasteiger partial charge in [0.1, 0.15) is 0 Å². The monoisotopic (exact) mass is 308 g/mol. The molecule has 1 aromatic heterocycles. The average Bonchev–Trinajstić information content (AvgIpc) is 2.74. The van der Waals surface area contributed by atoms with Crippen LogP contribution in [-0.4, -0.2) is 24.0 Å². The minimum Gasteiger partial charge on any atom is -0.387 e. The fraction of sp³-hybridized carbons (Fsp3) is 0.333. The van der Waals surface area contributed by atoms with E-state index in [2.05, 4.69) is 0 Å². The third-order valence-corrected chi connectivity index (χ3v) is 5.46. The zero-order valence-electron chi connectivity index (χ0n) is 12.4. The molecular formula is C15H20N2O3S. The van der Waals surface area contributed by atoms with Gasteiger partial charge in [0.25, 0.3) is 10.0 Å². The van der Waals surface area contributed by atoms with Crippen molar-refractivity contribution in [2.75, 3.05) is 6.54 Å². The van der Waals surface area contributed by atoms with Crippen molar-refractivity contribution in [3.63, 3.8) is 0 Å². The number of aliphatic hydroxyl groups excluding tert-OH is 1. The van der Waals surface area contributed by atoms with Gasteiger partial charge in [0, 0.05) is 23.5 Å². The maximum atomic E-state index is 12.8. The minimum absolute atomic E-state index is 0.0505. The lowest BCUT2D eigenvalue weighted by molar-refractivity contribution is 0.186. The number of hydrogen-bond acceptors (Lipinski definition) is 4. The fourth-order valence-corrected chi connectivity index (χ4v) is 4.01. The second-order valence-electron chi connectivity index (χ2n) is 5.16. The highest BCUT2D eigenvalue weighted by molar-refractivity contribution is 7.90. The molecule has 1 heterocycles. The first kappa shape index (κ1) is 15.8. The van der Waals surface area contributed by atoms with E-state index in [1.807, 2.05) is 6.92 Å². The van der Waals surface area contributed by atoms with Crippen LogP contribution in [0.3, 0.4) is 0 Å². The van der Waals surface area contributed by atoms with Gasteiger partial charge in [0.15, 0.2) is 0 Å². The molecule has 6 heteroatoms. The first-order valence-corrected chi connectivity index (χ1v) is 8.12. The van der Waals surface area contributed by atoms with Crippen molar-refractivity contribution < 1.29 is 13.5 Å². The molecule has 0 amide bonds. The molecule has 1 unspecified atom stereocenters. The van der Waals surface area contributed by atoms with Crippen LogP contribution in [0.5, 0.6) is 0 Å². The van der Waals surface area contributed by atoms with Crippen LogP contribution in [-0.2, 0) is 10.0 Å². The number of nitrogens with zero attached hydrogens (tertiary/aromatic N) is 1. The molecule has 5 nitrogen and oxygen atoms in total. The van der Waals surface area contributed by atoms with Crippen molar-refractivity contribution in [1.29, 1.82) is 0 Å². The summed E-state index contributed by atoms with van der Waals surface area (Å²) in [4.78, 5) is 0.226. The molecule has 0 aliphatic carbocycles. The van der Waals surface area contributed by atoms with E-state index < -0.39 is 16.1 Å². The second-order valence-corrected chi connectivity index (χ2v) is 6.95. The topological polar surface area (TPSA) is 85.3 Å². The Labute approximate surface area is 125 Å². The third kappa shape index (κ3) is 2.74. The molecular weight excluding hydrogens is 288 g/mol. The van der Waals surface area contributed by atoms with Crippen molar-refractivity contribution in [3.8, 4) is 0 Å². The zero-order chi connectivity index (χ0) is 15.8. The molecule has 0 bridgehead atoms. The normalized spacial score (nSPS) is 13.4. The Kier molecular flexibility index (Phi) is 4.22. The number of aromatic nitrogens is 1. The molecule has 0 fully saturated rings. The van der Waals surface area contributed by atoms with Gasteiger partial charge in [0.2, 0.25) is 0 Å². The first-order valence-electron chi connectivity index (χ1n) is 6.68. The van der Waals surface area contributed by atoms with E-state index >= 15 is 0 Å². The predicted octanol–water partition coefficient (Wildman–Crippen LogP) is 1.64. The molecule has 0 aliphatic heterocycles. The van der Waals surface area contributed by atoms with Crippen molar-refractivity contribution in [1.82, 2.24) is 3.97 Å². The maximum Gasteiger partial charge on any atom is 0.268 e. The lowest BCUT2D eigenvalue weighted by Crippen LogP contribution is -2.17. The molecule has 1 aromatic carbocycles. The Morgan fingerprint density at radius 2 is 1.76 bits per heavy atom. The number of aryl methyl sites for hydroxylation is 2. The first-order chi connectivity index (χ1) is 9.78. The summed E-state index contributed by atoms with van der Waals surface area (Å²) in [6.07, 6.45) is -0.863. The van der Waals surface area contributed by atoms with Gasteiger partial charge in [0.05, 0.1) is 11.0 Å². The van der Waals surface area contributed by atoms with E-state index in [-0.39, 0.29) is 11.4 Å². The van der Waals surface area contributed by atoms with Crippen LogP contribution >= 0.6 is 0 Å². The van der Waals surface area contributed by atoms with Gasteiger partial charge in [-0.15, -0.1) is 0 Å². The van der Waals surface area contributed by atoms with Crippen molar-refractivity contribution in [2.24, 2.45) is 5.73 Å². The third-order valence-electron chi connectivity index (χ3n) is 3.55. The van der Waals surface area contributed by atoms with E-state index in [9.17, 15) is 13.5 Å². The molecule has 0 saturated carbocycles. The summed E-state index contributed by atoms with van der Waals surface area (Å²) < 4.78 is 26.8. The van der Waals surface area contributed by atoms with Crippen LogP contribution in [0.15, 0.2) is 35.2 Å². The number of nitrogens with two attached hydrogens (primary N) is 1. The van der Waals surface area contributed by atoms with Crippen LogP contribution in [0.4, 0.5) is 0 Å². The fourth-order valence-electron chi connectivity index (χ4n) is 2.42. The van der Waals surface area contributed by atoms with Crippen LogP contribution < -0.4 is 5.73 Å². The van der Waals surface area contributed by atoms with Crippen molar-refractivity contribution in [2.45, 2.75) is 31.8 Å². The molecule has 3 N–H and O–H groups in total. The van der Waals surface area contributed by atoms with Crippen LogP contribution in [0.1, 0.15) is 28.6 Å². The Bertz CT molecular complexity index is 746. The van der Waals surface area contributed by atoms with Gasteiger partial charge < -0.3 is 10.8 Å². The van der Waals surface area contributed by atoms with Gasteiger partial charge in [-0.2, -0.15) is 0 Å². The van der Waals surface area contributed by atoms with Crippen LogP contribution in [0.2, 0.25) is 0 Å². The maximum absolute atomic E-state index is 12.8.